The summed E-state index contributed by atoms with van der Waals surface area (Å²) in [6.07, 6.45) is 0. The average molecular weight is 230 g/mol. The Morgan fingerprint density at radius 3 is 1.50 bits per heavy atom. The third-order valence-electron chi connectivity index (χ3n) is 2.55. The van der Waals surface area contributed by atoms with Crippen LogP contribution in [0, 0.1) is 0 Å². The second-order valence-electron chi connectivity index (χ2n) is 4.25. The average Bonchev–Trinajstić information content (AvgIpc) is 1.88. The second-order valence-corrected chi connectivity index (χ2v) is 13.5. The number of rotatable bonds is 4. The zero-order valence-electron chi connectivity index (χ0n) is 8.94. The fourth-order valence-corrected chi connectivity index (χ4v) is 8.53. The first-order valence-electron chi connectivity index (χ1n) is 4.66. The van der Waals surface area contributed by atoms with Gasteiger partial charge in [-0.3, -0.25) is 0 Å². The Balaban J connectivity index is 0. The van der Waals surface area contributed by atoms with Gasteiger partial charge in [-0.1, -0.05) is 45.6 Å². The van der Waals surface area contributed by atoms with E-state index in [2.05, 4.69) is 44.8 Å². The van der Waals surface area contributed by atoms with E-state index in [0.29, 0.717) is 0 Å². The van der Waals surface area contributed by atoms with Gasteiger partial charge in [0.25, 0.3) is 0 Å². The van der Waals surface area contributed by atoms with Crippen molar-refractivity contribution in [2.24, 2.45) is 0 Å². The SMILES string of the molecule is CC[SiH](CC)N(C)[Si](C)(C)C.[KH]. The first-order valence-corrected chi connectivity index (χ1v) is 10.3. The van der Waals surface area contributed by atoms with Crippen molar-refractivity contribution in [2.45, 2.75) is 45.6 Å². The van der Waals surface area contributed by atoms with Crippen molar-refractivity contribution in [1.29, 1.82) is 0 Å². The Bertz CT molecular complexity index is 110. The topological polar surface area (TPSA) is 3.24 Å². The quantitative estimate of drug-likeness (QED) is 0.665. The predicted octanol–water partition coefficient (Wildman–Crippen LogP) is 1.87. The summed E-state index contributed by atoms with van der Waals surface area (Å²) in [7, 11) is 0.857. The van der Waals surface area contributed by atoms with Crippen molar-refractivity contribution in [3.8, 4) is 0 Å². The molecule has 0 bridgehead atoms. The Hall–Kier alpha value is 2.03. The third-order valence-corrected chi connectivity index (χ3v) is 11.1. The van der Waals surface area contributed by atoms with Crippen LogP contribution in [0.5, 0.6) is 0 Å². The Kier molecular flexibility index (Phi) is 10.1. The van der Waals surface area contributed by atoms with E-state index in [-0.39, 0.29) is 51.4 Å². The number of hydrogen-bond acceptors (Lipinski definition) is 1. The van der Waals surface area contributed by atoms with Gasteiger partial charge in [0.15, 0.2) is 0 Å². The Morgan fingerprint density at radius 2 is 1.42 bits per heavy atom. The van der Waals surface area contributed by atoms with Gasteiger partial charge >= 0.3 is 51.4 Å². The normalized spacial score (nSPS) is 12.0. The van der Waals surface area contributed by atoms with Crippen LogP contribution in [0.2, 0.25) is 31.7 Å². The monoisotopic (exact) mass is 229 g/mol. The van der Waals surface area contributed by atoms with E-state index in [9.17, 15) is 0 Å². The second kappa shape index (κ2) is 7.34. The van der Waals surface area contributed by atoms with E-state index < -0.39 is 17.2 Å². The van der Waals surface area contributed by atoms with Crippen LogP contribution < -0.4 is 0 Å². The van der Waals surface area contributed by atoms with E-state index >= 15 is 0 Å². The summed E-state index contributed by atoms with van der Waals surface area (Å²) in [6.45, 7) is 12.0. The van der Waals surface area contributed by atoms with Crippen LogP contribution in [0.15, 0.2) is 0 Å². The first-order chi connectivity index (χ1) is 4.93. The van der Waals surface area contributed by atoms with Crippen LogP contribution in [0.3, 0.4) is 0 Å². The Morgan fingerprint density at radius 1 is 1.08 bits per heavy atom. The van der Waals surface area contributed by atoms with E-state index in [1.165, 1.54) is 12.1 Å². The summed E-state index contributed by atoms with van der Waals surface area (Å²) in [5, 5.41) is 0. The van der Waals surface area contributed by atoms with Gasteiger partial charge in [-0.2, -0.15) is 0 Å². The molecular formula is C8H24KNSi2. The van der Waals surface area contributed by atoms with Gasteiger partial charge in [-0.15, -0.1) is 0 Å². The molecule has 70 valence electrons. The van der Waals surface area contributed by atoms with Crippen molar-refractivity contribution in [2.75, 3.05) is 7.05 Å². The molecule has 0 amide bonds. The summed E-state index contributed by atoms with van der Waals surface area (Å²) >= 11 is 0. The Labute approximate surface area is 123 Å². The maximum absolute atomic E-state index is 2.74. The molecule has 0 saturated heterocycles. The van der Waals surface area contributed by atoms with Gasteiger partial charge in [0.1, 0.15) is 17.2 Å². The molecule has 0 aliphatic heterocycles. The minimum atomic E-state index is -0.971. The van der Waals surface area contributed by atoms with Crippen LogP contribution in [0.1, 0.15) is 13.8 Å². The third kappa shape index (κ3) is 5.70. The molecule has 0 heterocycles. The first kappa shape index (κ1) is 16.5. The van der Waals surface area contributed by atoms with Crippen LogP contribution >= 0.6 is 0 Å². The fraction of sp³-hybridized carbons (Fsp3) is 1.00. The molecule has 0 fully saturated rings. The molecule has 0 spiro atoms. The number of hydrogen-bond donors (Lipinski definition) is 0. The van der Waals surface area contributed by atoms with Gasteiger partial charge in [-0.05, 0) is 7.05 Å². The van der Waals surface area contributed by atoms with Gasteiger partial charge in [-0.25, -0.2) is 0 Å². The van der Waals surface area contributed by atoms with Crippen LogP contribution in [0.25, 0.3) is 0 Å². The van der Waals surface area contributed by atoms with Crippen molar-refractivity contribution in [3.05, 3.63) is 0 Å². The molecule has 0 radical (unpaired) electrons. The molecule has 0 aliphatic carbocycles. The van der Waals surface area contributed by atoms with Crippen LogP contribution in [-0.4, -0.2) is 79.9 Å². The van der Waals surface area contributed by atoms with E-state index in [1.54, 1.807) is 0 Å². The van der Waals surface area contributed by atoms with E-state index in [1.807, 2.05) is 0 Å². The van der Waals surface area contributed by atoms with Gasteiger partial charge in [0, 0.05) is 0 Å². The summed E-state index contributed by atoms with van der Waals surface area (Å²) in [5.74, 6) is 0. The molecular weight excluding hydrogens is 205 g/mol. The van der Waals surface area contributed by atoms with Crippen molar-refractivity contribution < 1.29 is 0 Å². The molecule has 0 unspecified atom stereocenters. The minimum absolute atomic E-state index is 0. The molecule has 0 aliphatic rings. The molecule has 0 aromatic carbocycles. The summed E-state index contributed by atoms with van der Waals surface area (Å²) in [5.41, 5.74) is 0. The summed E-state index contributed by atoms with van der Waals surface area (Å²) < 4.78 is 2.74. The van der Waals surface area contributed by atoms with Gasteiger partial charge in [0.05, 0.1) is 0 Å². The predicted molar refractivity (Wildman–Crippen MR) is 66.4 cm³/mol. The summed E-state index contributed by atoms with van der Waals surface area (Å²) in [4.78, 5) is 0. The van der Waals surface area contributed by atoms with Crippen molar-refractivity contribution in [3.63, 3.8) is 0 Å². The molecule has 0 rings (SSSR count). The van der Waals surface area contributed by atoms with E-state index in [4.69, 9.17) is 0 Å². The molecule has 0 aromatic heterocycles. The molecule has 0 atom stereocenters. The molecule has 1 nitrogen and oxygen atoms in total. The molecule has 0 saturated carbocycles. The van der Waals surface area contributed by atoms with Crippen molar-refractivity contribution >= 4 is 68.6 Å². The van der Waals surface area contributed by atoms with Crippen LogP contribution in [-0.2, 0) is 0 Å². The zero-order valence-corrected chi connectivity index (χ0v) is 11.1. The zero-order chi connectivity index (χ0) is 9.07. The molecule has 12 heavy (non-hydrogen) atoms. The molecule has 4 heteroatoms. The molecule has 0 aromatic rings. The van der Waals surface area contributed by atoms with Crippen LogP contribution in [0.4, 0.5) is 0 Å². The van der Waals surface area contributed by atoms with Crippen molar-refractivity contribution in [1.82, 2.24) is 4.23 Å². The number of nitrogens with zero attached hydrogens (tertiary/aromatic N) is 1. The standard InChI is InChI=1S/C8H23NSi2.K.H/c1-7-10(8-2)9(3)11(4,5)6;;/h10H,7-8H2,1-6H3;;. The van der Waals surface area contributed by atoms with Gasteiger partial charge in [0.2, 0.25) is 0 Å². The summed E-state index contributed by atoms with van der Waals surface area (Å²) in [6, 6.07) is 2.86. The van der Waals surface area contributed by atoms with Gasteiger partial charge < -0.3 is 4.23 Å². The fourth-order valence-electron chi connectivity index (χ4n) is 1.38. The van der Waals surface area contributed by atoms with E-state index in [0.717, 1.165) is 0 Å². The molecule has 0 N–H and O–H groups in total. The maximum atomic E-state index is 2.74.